The minimum Gasteiger partial charge on any atom is -0.481 e. The fourth-order valence-corrected chi connectivity index (χ4v) is 3.20. The number of nitrogens with one attached hydrogen (secondary N) is 6. The van der Waals surface area contributed by atoms with Crippen molar-refractivity contribution in [2.45, 2.75) is 49.5 Å². The number of hydrogen-bond acceptors (Lipinski definition) is 13. The number of carbonyl (C=O) groups is 9. The normalized spacial score (nSPS) is 25.9. The molecule has 1 heterocycles. The van der Waals surface area contributed by atoms with Crippen molar-refractivity contribution >= 4 is 53.0 Å². The Balaban J connectivity index is 3.44. The molecule has 12 N–H and O–H groups in total. The molecule has 5 amide bonds. The van der Waals surface area contributed by atoms with E-state index in [1.54, 1.807) is 0 Å². The molecular weight excluding hydrogens is 546 g/mol. The second-order valence-corrected chi connectivity index (χ2v) is 8.32. The monoisotopic (exact) mass is 575 g/mol. The molecule has 20 heteroatoms. The van der Waals surface area contributed by atoms with Gasteiger partial charge in [-0.1, -0.05) is 0 Å². The first-order valence-corrected chi connectivity index (χ1v) is 11.4. The largest absolute Gasteiger partial charge is 0.481 e. The average molecular weight is 575 g/mol. The zero-order chi connectivity index (χ0) is 30.6. The van der Waals surface area contributed by atoms with Crippen LogP contribution in [0.25, 0.3) is 0 Å². The molecule has 0 bridgehead atoms. The zero-order valence-corrected chi connectivity index (χ0v) is 20.7. The van der Waals surface area contributed by atoms with Crippen LogP contribution in [0.5, 0.6) is 0 Å². The van der Waals surface area contributed by atoms with Gasteiger partial charge in [-0.15, -0.1) is 0 Å². The predicted molar refractivity (Wildman–Crippen MR) is 125 cm³/mol. The second-order valence-electron chi connectivity index (χ2n) is 8.32. The van der Waals surface area contributed by atoms with Crippen molar-refractivity contribution in [1.29, 1.82) is 0 Å². The number of primary amides is 1. The third-order valence-electron chi connectivity index (χ3n) is 5.20. The molecule has 1 rings (SSSR count). The molecule has 1 fully saturated rings. The van der Waals surface area contributed by atoms with Crippen LogP contribution < -0.4 is 37.9 Å². The first kappa shape index (κ1) is 33.5. The van der Waals surface area contributed by atoms with Gasteiger partial charge in [0.25, 0.3) is 0 Å². The summed E-state index contributed by atoms with van der Waals surface area (Å²) in [5, 5.41) is 45.4. The van der Waals surface area contributed by atoms with Crippen LogP contribution in [0.3, 0.4) is 0 Å². The van der Waals surface area contributed by atoms with Crippen LogP contribution in [0.4, 0.5) is 0 Å². The van der Waals surface area contributed by atoms with Crippen molar-refractivity contribution in [3.8, 4) is 0 Å². The van der Waals surface area contributed by atoms with Gasteiger partial charge in [0, 0.05) is 6.42 Å². The quantitative estimate of drug-likeness (QED) is 0.120. The van der Waals surface area contributed by atoms with Gasteiger partial charge >= 0.3 is 11.9 Å². The molecule has 222 valence electrons. The minimum atomic E-state index is -1.94. The lowest BCUT2D eigenvalue weighted by Gasteiger charge is -2.25. The smallest absolute Gasteiger partial charge is 0.305 e. The molecule has 20 nitrogen and oxygen atoms in total. The number of nitrogens with two attached hydrogens (primary N) is 1. The van der Waals surface area contributed by atoms with Crippen molar-refractivity contribution < 1.29 is 63.6 Å². The van der Waals surface area contributed by atoms with E-state index in [2.05, 4.69) is 10.7 Å². The number of carboxylic acid groups (broad SMARTS) is 2. The first-order chi connectivity index (χ1) is 18.7. The van der Waals surface area contributed by atoms with Gasteiger partial charge in [0.1, 0.15) is 24.2 Å². The van der Waals surface area contributed by atoms with Gasteiger partial charge in [0.15, 0.2) is 0 Å². The molecule has 40 heavy (non-hydrogen) atoms. The van der Waals surface area contributed by atoms with Crippen LogP contribution in [0, 0.1) is 0 Å². The van der Waals surface area contributed by atoms with Crippen LogP contribution in [-0.2, 0) is 43.2 Å². The molecule has 0 aromatic carbocycles. The highest BCUT2D eigenvalue weighted by atomic mass is 16.4. The maximum Gasteiger partial charge on any atom is 0.305 e. The number of aliphatic hydroxyl groups excluding tert-OH is 2. The van der Waals surface area contributed by atoms with E-state index in [0.717, 1.165) is 0 Å². The summed E-state index contributed by atoms with van der Waals surface area (Å²) in [6, 6.07) is -9.25. The number of Topliss-reactive ketones (excluding diaryl/α,β-unsaturated/α-hetero) is 2. The molecule has 0 aromatic rings. The Kier molecular flexibility index (Phi) is 13.2. The minimum absolute atomic E-state index is 0.804. The molecule has 0 saturated carbocycles. The second kappa shape index (κ2) is 15.8. The fraction of sp³-hybridized carbons (Fsp3) is 0.550. The molecule has 0 radical (unpaired) electrons. The Morgan fingerprint density at radius 2 is 1.12 bits per heavy atom. The number of hydrogen-bond donors (Lipinski definition) is 11. The van der Waals surface area contributed by atoms with E-state index < -0.39 is 122 Å². The summed E-state index contributed by atoms with van der Waals surface area (Å²) in [4.78, 5) is 109. The molecule has 1 aliphatic heterocycles. The molecule has 0 aromatic heterocycles. The number of carboxylic acids is 2. The highest BCUT2D eigenvalue weighted by molar-refractivity contribution is 6.41. The van der Waals surface area contributed by atoms with Gasteiger partial charge in [-0.05, 0) is 0 Å². The van der Waals surface area contributed by atoms with E-state index in [4.69, 9.17) is 15.9 Å². The van der Waals surface area contributed by atoms with Crippen molar-refractivity contribution in [2.75, 3.05) is 19.8 Å². The van der Waals surface area contributed by atoms with Gasteiger partial charge in [0.2, 0.25) is 41.1 Å². The third kappa shape index (κ3) is 10.7. The number of hydrazine groups is 1. The van der Waals surface area contributed by atoms with Gasteiger partial charge in [0.05, 0.1) is 38.6 Å². The average Bonchev–Trinajstić information content (AvgIpc) is 2.87. The summed E-state index contributed by atoms with van der Waals surface area (Å²) < 4.78 is 0. The Morgan fingerprint density at radius 3 is 1.65 bits per heavy atom. The summed E-state index contributed by atoms with van der Waals surface area (Å²) in [5.74, 6) is -12.1. The highest BCUT2D eigenvalue weighted by Gasteiger charge is 2.36. The number of rotatable bonds is 8. The molecule has 0 spiro atoms. The molecule has 2 unspecified atom stereocenters. The number of aliphatic hydroxyl groups is 2. The zero-order valence-electron chi connectivity index (χ0n) is 20.7. The van der Waals surface area contributed by atoms with Crippen LogP contribution in [0.15, 0.2) is 0 Å². The van der Waals surface area contributed by atoms with E-state index >= 15 is 0 Å². The highest BCUT2D eigenvalue weighted by Crippen LogP contribution is 2.02. The standard InChI is InChI=1S/C20H29N7O13/c21-12(30)1-7-16(36)17(37)10(5-28)24-20(40)11(6-29)25-18(38)8(2-14(32)33)23-19(39)9(3-15(34)35)26-27-13(31)4-22-7/h7-11,22,26,28-29H,1-6H2,(H2,21,30)(H,23,39)(H,24,40)(H,25,38)(H,27,31)(H,32,33)(H,34,35)/t7-,8-,9?,10-,11?/m0/s1. The lowest BCUT2D eigenvalue weighted by Crippen LogP contribution is -2.61. The third-order valence-corrected chi connectivity index (χ3v) is 5.20. The predicted octanol–water partition coefficient (Wildman–Crippen LogP) is -7.65. The van der Waals surface area contributed by atoms with Crippen LogP contribution in [0.2, 0.25) is 0 Å². The van der Waals surface area contributed by atoms with Crippen LogP contribution in [0.1, 0.15) is 19.3 Å². The molecule has 5 atom stereocenters. The maximum atomic E-state index is 12.7. The number of aliphatic carboxylic acids is 2. The number of carbonyl (C=O) groups excluding carboxylic acids is 7. The summed E-state index contributed by atoms with van der Waals surface area (Å²) in [6.45, 7) is -3.09. The van der Waals surface area contributed by atoms with E-state index in [9.17, 15) is 53.4 Å². The van der Waals surface area contributed by atoms with E-state index in [1.807, 2.05) is 21.4 Å². The summed E-state index contributed by atoms with van der Waals surface area (Å²) in [5.41, 5.74) is 9.09. The molecule has 1 aliphatic rings. The number of ketones is 2. The van der Waals surface area contributed by atoms with Crippen molar-refractivity contribution in [1.82, 2.24) is 32.1 Å². The Hall–Kier alpha value is -4.53. The summed E-state index contributed by atoms with van der Waals surface area (Å²) in [7, 11) is 0. The van der Waals surface area contributed by atoms with Crippen molar-refractivity contribution in [3.63, 3.8) is 0 Å². The van der Waals surface area contributed by atoms with E-state index in [-0.39, 0.29) is 0 Å². The lowest BCUT2D eigenvalue weighted by atomic mass is 10.00. The van der Waals surface area contributed by atoms with Crippen molar-refractivity contribution in [2.24, 2.45) is 5.73 Å². The number of amides is 5. The SMILES string of the molecule is NC(=O)C[C@@H]1NCC(=O)NNC(CC(=O)O)C(=O)N[C@@H](CC(=O)O)C(=O)NC(CO)C(=O)N[C@@H](CO)C(=O)C1=O. The molecular formula is C20H29N7O13. The van der Waals surface area contributed by atoms with E-state index in [0.29, 0.717) is 0 Å². The van der Waals surface area contributed by atoms with Gasteiger partial charge in [-0.3, -0.25) is 53.9 Å². The maximum absolute atomic E-state index is 12.7. The summed E-state index contributed by atoms with van der Waals surface area (Å²) in [6.07, 6.45) is -2.86. The summed E-state index contributed by atoms with van der Waals surface area (Å²) >= 11 is 0. The van der Waals surface area contributed by atoms with E-state index in [1.165, 1.54) is 0 Å². The molecule has 1 saturated heterocycles. The van der Waals surface area contributed by atoms with Crippen molar-refractivity contribution in [3.05, 3.63) is 0 Å². The topological polar surface area (TPSA) is 333 Å². The Morgan fingerprint density at radius 1 is 0.675 bits per heavy atom. The van der Waals surface area contributed by atoms with Crippen LogP contribution in [-0.4, -0.2) is 123 Å². The first-order valence-electron chi connectivity index (χ1n) is 11.4. The molecule has 0 aliphatic carbocycles. The van der Waals surface area contributed by atoms with Crippen LogP contribution >= 0.6 is 0 Å². The Bertz CT molecular complexity index is 1050. The fourth-order valence-electron chi connectivity index (χ4n) is 3.20. The Labute approximate surface area is 224 Å². The van der Waals surface area contributed by atoms with Gasteiger partial charge in [-0.2, -0.15) is 0 Å². The lowest BCUT2D eigenvalue weighted by molar-refractivity contribution is -0.143. The van der Waals surface area contributed by atoms with Gasteiger partial charge in [-0.25, -0.2) is 5.43 Å². The van der Waals surface area contributed by atoms with Gasteiger partial charge < -0.3 is 42.1 Å².